The Labute approximate surface area is 106 Å². The predicted octanol–water partition coefficient (Wildman–Crippen LogP) is 2.38. The molecule has 0 aliphatic carbocycles. The second-order valence-electron chi connectivity index (χ2n) is 4.18. The van der Waals surface area contributed by atoms with Crippen LogP contribution >= 0.6 is 11.8 Å². The molecule has 1 aliphatic rings. The Kier molecular flexibility index (Phi) is 4.74. The number of hydrogen-bond acceptors (Lipinski definition) is 2. The fourth-order valence-corrected chi connectivity index (χ4v) is 3.05. The molecule has 1 fully saturated rings. The molecule has 3 nitrogen and oxygen atoms in total. The minimum atomic E-state index is -0.0682. The molecule has 0 radical (unpaired) electrons. The van der Waals surface area contributed by atoms with Crippen molar-refractivity contribution in [3.63, 3.8) is 0 Å². The van der Waals surface area contributed by atoms with Gasteiger partial charge in [-0.15, -0.1) is 0 Å². The van der Waals surface area contributed by atoms with Gasteiger partial charge in [0.2, 0.25) is 0 Å². The second-order valence-corrected chi connectivity index (χ2v) is 5.59. The highest BCUT2D eigenvalue weighted by molar-refractivity contribution is 8.00. The monoisotopic (exact) mass is 250 g/mol. The minimum Gasteiger partial charge on any atom is -0.337 e. The zero-order chi connectivity index (χ0) is 11.9. The maximum absolute atomic E-state index is 11.5. The summed E-state index contributed by atoms with van der Waals surface area (Å²) in [6.07, 6.45) is 2.51. The molecule has 1 aromatic carbocycles. The summed E-state index contributed by atoms with van der Waals surface area (Å²) in [4.78, 5) is 11.5. The summed E-state index contributed by atoms with van der Waals surface area (Å²) in [5.41, 5.74) is 1.12. The standard InChI is InChI=1S/C13H18N2OS/c16-13(15-10-12-7-4-8-17-12)14-9-11-5-2-1-3-6-11/h1-3,5-6,12H,4,7-10H2,(H2,14,15,16). The van der Waals surface area contributed by atoms with Crippen LogP contribution in [0.1, 0.15) is 18.4 Å². The number of amides is 2. The third kappa shape index (κ3) is 4.30. The van der Waals surface area contributed by atoms with E-state index in [9.17, 15) is 4.79 Å². The number of hydrogen-bond donors (Lipinski definition) is 2. The molecule has 0 spiro atoms. The van der Waals surface area contributed by atoms with Crippen molar-refractivity contribution in [2.45, 2.75) is 24.6 Å². The molecule has 92 valence electrons. The van der Waals surface area contributed by atoms with Gasteiger partial charge in [0, 0.05) is 18.3 Å². The van der Waals surface area contributed by atoms with E-state index >= 15 is 0 Å². The number of rotatable bonds is 4. The zero-order valence-electron chi connectivity index (χ0n) is 9.82. The molecule has 1 saturated heterocycles. The van der Waals surface area contributed by atoms with Crippen LogP contribution in [0.3, 0.4) is 0 Å². The van der Waals surface area contributed by atoms with Crippen molar-refractivity contribution in [3.8, 4) is 0 Å². The Morgan fingerprint density at radius 3 is 2.82 bits per heavy atom. The van der Waals surface area contributed by atoms with E-state index in [1.165, 1.54) is 18.6 Å². The molecule has 2 rings (SSSR count). The van der Waals surface area contributed by atoms with E-state index in [1.807, 2.05) is 42.1 Å². The maximum atomic E-state index is 11.5. The van der Waals surface area contributed by atoms with Crippen LogP contribution in [0.25, 0.3) is 0 Å². The molecule has 1 atom stereocenters. The molecule has 2 N–H and O–H groups in total. The molecule has 0 saturated carbocycles. The van der Waals surface area contributed by atoms with E-state index in [0.29, 0.717) is 11.8 Å². The normalized spacial score (nSPS) is 18.9. The lowest BCUT2D eigenvalue weighted by Crippen LogP contribution is -2.38. The van der Waals surface area contributed by atoms with E-state index in [2.05, 4.69) is 10.6 Å². The maximum Gasteiger partial charge on any atom is 0.315 e. The summed E-state index contributed by atoms with van der Waals surface area (Å²) in [5, 5.41) is 6.40. The van der Waals surface area contributed by atoms with Crippen molar-refractivity contribution < 1.29 is 4.79 Å². The largest absolute Gasteiger partial charge is 0.337 e. The number of thioether (sulfide) groups is 1. The van der Waals surface area contributed by atoms with Crippen molar-refractivity contribution in [1.82, 2.24) is 10.6 Å². The summed E-state index contributed by atoms with van der Waals surface area (Å²) in [6, 6.07) is 9.87. The molecule has 2 amide bonds. The van der Waals surface area contributed by atoms with Gasteiger partial charge in [0.1, 0.15) is 0 Å². The lowest BCUT2D eigenvalue weighted by atomic mass is 10.2. The molecule has 1 unspecified atom stereocenters. The number of nitrogens with one attached hydrogen (secondary N) is 2. The first-order chi connectivity index (χ1) is 8.34. The number of benzene rings is 1. The van der Waals surface area contributed by atoms with Gasteiger partial charge in [-0.05, 0) is 24.2 Å². The van der Waals surface area contributed by atoms with E-state index in [1.54, 1.807) is 0 Å². The zero-order valence-corrected chi connectivity index (χ0v) is 10.6. The van der Waals surface area contributed by atoms with Crippen LogP contribution in [-0.4, -0.2) is 23.6 Å². The lowest BCUT2D eigenvalue weighted by molar-refractivity contribution is 0.240. The molecule has 1 heterocycles. The Morgan fingerprint density at radius 1 is 1.29 bits per heavy atom. The summed E-state index contributed by atoms with van der Waals surface area (Å²) in [5.74, 6) is 1.23. The van der Waals surface area contributed by atoms with Crippen LogP contribution in [0.15, 0.2) is 30.3 Å². The SMILES string of the molecule is O=C(NCc1ccccc1)NCC1CCCS1. The van der Waals surface area contributed by atoms with E-state index in [0.717, 1.165) is 12.1 Å². The van der Waals surface area contributed by atoms with Gasteiger partial charge in [0.05, 0.1) is 0 Å². The Balaban J connectivity index is 1.64. The van der Waals surface area contributed by atoms with Gasteiger partial charge in [-0.1, -0.05) is 30.3 Å². The van der Waals surface area contributed by atoms with E-state index < -0.39 is 0 Å². The van der Waals surface area contributed by atoms with Crippen LogP contribution in [0.2, 0.25) is 0 Å². The summed E-state index contributed by atoms with van der Waals surface area (Å²) < 4.78 is 0. The summed E-state index contributed by atoms with van der Waals surface area (Å²) in [6.45, 7) is 1.37. The third-order valence-electron chi connectivity index (χ3n) is 2.81. The average molecular weight is 250 g/mol. The fraction of sp³-hybridized carbons (Fsp3) is 0.462. The average Bonchev–Trinajstić information content (AvgIpc) is 2.88. The van der Waals surface area contributed by atoms with Crippen LogP contribution in [-0.2, 0) is 6.54 Å². The quantitative estimate of drug-likeness (QED) is 0.861. The Morgan fingerprint density at radius 2 is 2.12 bits per heavy atom. The fourth-order valence-electron chi connectivity index (χ4n) is 1.85. The van der Waals surface area contributed by atoms with Crippen molar-refractivity contribution >= 4 is 17.8 Å². The molecule has 17 heavy (non-hydrogen) atoms. The highest BCUT2D eigenvalue weighted by atomic mass is 32.2. The summed E-state index contributed by atoms with van der Waals surface area (Å²) >= 11 is 1.96. The van der Waals surface area contributed by atoms with Gasteiger partial charge in [-0.3, -0.25) is 0 Å². The van der Waals surface area contributed by atoms with Crippen molar-refractivity contribution in [2.24, 2.45) is 0 Å². The van der Waals surface area contributed by atoms with Crippen LogP contribution in [0.5, 0.6) is 0 Å². The first-order valence-corrected chi connectivity index (χ1v) is 7.07. The lowest BCUT2D eigenvalue weighted by Gasteiger charge is -2.11. The van der Waals surface area contributed by atoms with Gasteiger partial charge in [0.15, 0.2) is 0 Å². The van der Waals surface area contributed by atoms with Gasteiger partial charge < -0.3 is 10.6 Å². The van der Waals surface area contributed by atoms with Crippen molar-refractivity contribution in [1.29, 1.82) is 0 Å². The van der Waals surface area contributed by atoms with E-state index in [4.69, 9.17) is 0 Å². The molecule has 1 aromatic rings. The molecule has 0 aromatic heterocycles. The van der Waals surface area contributed by atoms with Crippen molar-refractivity contribution in [3.05, 3.63) is 35.9 Å². The molecule has 0 bridgehead atoms. The van der Waals surface area contributed by atoms with Crippen molar-refractivity contribution in [2.75, 3.05) is 12.3 Å². The molecule has 1 aliphatic heterocycles. The highest BCUT2D eigenvalue weighted by Gasteiger charge is 2.15. The number of carbonyl (C=O) groups is 1. The van der Waals surface area contributed by atoms with Gasteiger partial charge >= 0.3 is 6.03 Å². The molecular formula is C13H18N2OS. The van der Waals surface area contributed by atoms with Gasteiger partial charge in [-0.2, -0.15) is 11.8 Å². The highest BCUT2D eigenvalue weighted by Crippen LogP contribution is 2.25. The first kappa shape index (κ1) is 12.3. The molecule has 4 heteroatoms. The Hall–Kier alpha value is -1.16. The van der Waals surface area contributed by atoms with Gasteiger partial charge in [0.25, 0.3) is 0 Å². The number of carbonyl (C=O) groups excluding carboxylic acids is 1. The van der Waals surface area contributed by atoms with Crippen LogP contribution < -0.4 is 10.6 Å². The van der Waals surface area contributed by atoms with Crippen LogP contribution in [0, 0.1) is 0 Å². The minimum absolute atomic E-state index is 0.0682. The smallest absolute Gasteiger partial charge is 0.315 e. The third-order valence-corrected chi connectivity index (χ3v) is 4.21. The topological polar surface area (TPSA) is 41.1 Å². The first-order valence-electron chi connectivity index (χ1n) is 6.02. The van der Waals surface area contributed by atoms with Crippen LogP contribution in [0.4, 0.5) is 4.79 Å². The number of urea groups is 1. The second kappa shape index (κ2) is 6.55. The van der Waals surface area contributed by atoms with Gasteiger partial charge in [-0.25, -0.2) is 4.79 Å². The predicted molar refractivity (Wildman–Crippen MR) is 72.2 cm³/mol. The van der Waals surface area contributed by atoms with E-state index in [-0.39, 0.29) is 6.03 Å². The Bertz CT molecular complexity index is 350. The molecular weight excluding hydrogens is 232 g/mol. The summed E-state index contributed by atoms with van der Waals surface area (Å²) in [7, 11) is 0.